The third-order valence-electron chi connectivity index (χ3n) is 6.28. The van der Waals surface area contributed by atoms with Crippen molar-refractivity contribution in [2.24, 2.45) is 5.92 Å². The van der Waals surface area contributed by atoms with Gasteiger partial charge in [-0.15, -0.1) is 11.3 Å². The summed E-state index contributed by atoms with van der Waals surface area (Å²) in [6.45, 7) is 2.62. The predicted octanol–water partition coefficient (Wildman–Crippen LogP) is 3.01. The van der Waals surface area contributed by atoms with Crippen LogP contribution >= 0.6 is 11.3 Å². The Labute approximate surface area is 182 Å². The smallest absolute Gasteiger partial charge is 0.252 e. The van der Waals surface area contributed by atoms with Gasteiger partial charge in [-0.1, -0.05) is 36.4 Å². The molecule has 2 aliphatic heterocycles. The van der Waals surface area contributed by atoms with Gasteiger partial charge in [0.15, 0.2) is 0 Å². The van der Waals surface area contributed by atoms with E-state index in [1.807, 2.05) is 18.2 Å². The lowest BCUT2D eigenvalue weighted by Gasteiger charge is -2.38. The fourth-order valence-electron chi connectivity index (χ4n) is 4.43. The van der Waals surface area contributed by atoms with Crippen molar-refractivity contribution in [2.75, 3.05) is 32.8 Å². The number of carbonyl (C=O) groups is 1. The number of rotatable bonds is 6. The van der Waals surface area contributed by atoms with E-state index >= 15 is 0 Å². The van der Waals surface area contributed by atoms with E-state index in [0.29, 0.717) is 43.4 Å². The first-order chi connectivity index (χ1) is 14.5. The molecule has 4 rings (SSSR count). The Bertz CT molecular complexity index is 939. The number of thiophene rings is 1. The van der Waals surface area contributed by atoms with Crippen LogP contribution in [-0.4, -0.2) is 51.5 Å². The van der Waals surface area contributed by atoms with Crippen molar-refractivity contribution in [3.05, 3.63) is 53.4 Å². The van der Waals surface area contributed by atoms with Gasteiger partial charge >= 0.3 is 0 Å². The summed E-state index contributed by atoms with van der Waals surface area (Å²) in [4.78, 5) is 13.0. The second-order valence-corrected chi connectivity index (χ2v) is 11.2. The Hall–Kier alpha value is -1.74. The van der Waals surface area contributed by atoms with E-state index in [1.54, 1.807) is 17.5 Å². The zero-order valence-corrected chi connectivity index (χ0v) is 18.6. The van der Waals surface area contributed by atoms with Crippen molar-refractivity contribution in [2.45, 2.75) is 35.3 Å². The molecule has 2 fully saturated rings. The topological polar surface area (TPSA) is 75.7 Å². The van der Waals surface area contributed by atoms with Crippen LogP contribution in [0.15, 0.2) is 52.1 Å². The highest BCUT2D eigenvalue weighted by Gasteiger charge is 2.37. The van der Waals surface area contributed by atoms with Gasteiger partial charge in [0.2, 0.25) is 5.91 Å². The van der Waals surface area contributed by atoms with Gasteiger partial charge in [0.05, 0.1) is 5.92 Å². The summed E-state index contributed by atoms with van der Waals surface area (Å²) in [6.07, 6.45) is 3.13. The van der Waals surface area contributed by atoms with E-state index in [1.165, 1.54) is 21.2 Å². The molecule has 1 N–H and O–H groups in total. The van der Waals surface area contributed by atoms with E-state index in [0.717, 1.165) is 12.8 Å². The molecule has 0 bridgehead atoms. The Morgan fingerprint density at radius 1 is 1.17 bits per heavy atom. The van der Waals surface area contributed by atoms with Gasteiger partial charge < -0.3 is 10.1 Å². The minimum Gasteiger partial charge on any atom is -0.381 e. The van der Waals surface area contributed by atoms with Crippen molar-refractivity contribution >= 4 is 27.3 Å². The van der Waals surface area contributed by atoms with Crippen molar-refractivity contribution in [3.63, 3.8) is 0 Å². The summed E-state index contributed by atoms with van der Waals surface area (Å²) in [5.41, 5.74) is 1.09. The molecule has 2 saturated heterocycles. The number of nitrogens with one attached hydrogen (secondary N) is 1. The third kappa shape index (κ3) is 4.46. The Morgan fingerprint density at radius 3 is 2.63 bits per heavy atom. The molecule has 6 nitrogen and oxygen atoms in total. The van der Waals surface area contributed by atoms with Crippen LogP contribution in [0, 0.1) is 5.92 Å². The molecule has 0 unspecified atom stereocenters. The summed E-state index contributed by atoms with van der Waals surface area (Å²) >= 11 is 1.22. The first kappa shape index (κ1) is 21.5. The molecular formula is C22H28N2O4S2. The minimum atomic E-state index is -3.52. The Balaban J connectivity index is 1.43. The number of hydrogen-bond acceptors (Lipinski definition) is 5. The van der Waals surface area contributed by atoms with Gasteiger partial charge in [0.25, 0.3) is 10.0 Å². The zero-order valence-electron chi connectivity index (χ0n) is 17.0. The van der Waals surface area contributed by atoms with E-state index < -0.39 is 10.0 Å². The van der Waals surface area contributed by atoms with Crippen LogP contribution in [0.3, 0.4) is 0 Å². The van der Waals surface area contributed by atoms with Crippen molar-refractivity contribution < 1.29 is 17.9 Å². The first-order valence-electron chi connectivity index (χ1n) is 10.5. The fourth-order valence-corrected chi connectivity index (χ4v) is 7.10. The minimum absolute atomic E-state index is 0.0529. The molecule has 1 atom stereocenters. The van der Waals surface area contributed by atoms with E-state index in [2.05, 4.69) is 17.4 Å². The van der Waals surface area contributed by atoms with Crippen LogP contribution in [-0.2, 0) is 25.0 Å². The Kier molecular flexibility index (Phi) is 6.57. The average molecular weight is 449 g/mol. The standard InChI is InChI=1S/C22H28N2O4S2/c25-21(18-6-4-12-24(16-18)30(26,27)20-9-5-15-29-20)23-17-22(10-13-28-14-11-22)19-7-2-1-3-8-19/h1-3,5,7-9,15,18H,4,6,10-14,16-17H2,(H,23,25)/t18-/m0/s1. The molecule has 0 spiro atoms. The van der Waals surface area contributed by atoms with Crippen LogP contribution in [0.2, 0.25) is 0 Å². The number of sulfonamides is 1. The van der Waals surface area contributed by atoms with Gasteiger partial charge in [-0.25, -0.2) is 8.42 Å². The molecule has 0 radical (unpaired) electrons. The highest BCUT2D eigenvalue weighted by Crippen LogP contribution is 2.34. The van der Waals surface area contributed by atoms with Crippen LogP contribution in [0.4, 0.5) is 0 Å². The van der Waals surface area contributed by atoms with Gasteiger partial charge in [-0.3, -0.25) is 4.79 Å². The average Bonchev–Trinajstić information content (AvgIpc) is 3.35. The van der Waals surface area contributed by atoms with Crippen molar-refractivity contribution in [3.8, 4) is 0 Å². The van der Waals surface area contributed by atoms with Crippen LogP contribution in [0.25, 0.3) is 0 Å². The summed E-state index contributed by atoms with van der Waals surface area (Å²) in [5, 5.41) is 4.92. The molecule has 1 aromatic heterocycles. The van der Waals surface area contributed by atoms with E-state index in [-0.39, 0.29) is 23.8 Å². The monoisotopic (exact) mass is 448 g/mol. The van der Waals surface area contributed by atoms with Gasteiger partial charge in [0, 0.05) is 38.3 Å². The number of carbonyl (C=O) groups excluding carboxylic acids is 1. The van der Waals surface area contributed by atoms with E-state index in [4.69, 9.17) is 4.74 Å². The lowest BCUT2D eigenvalue weighted by atomic mass is 9.74. The largest absolute Gasteiger partial charge is 0.381 e. The summed E-state index contributed by atoms with van der Waals surface area (Å²) in [5.74, 6) is -0.371. The molecule has 1 amide bonds. The highest BCUT2D eigenvalue weighted by molar-refractivity contribution is 7.91. The van der Waals surface area contributed by atoms with Gasteiger partial charge in [-0.05, 0) is 42.7 Å². The van der Waals surface area contributed by atoms with Crippen molar-refractivity contribution in [1.29, 1.82) is 0 Å². The first-order valence-corrected chi connectivity index (χ1v) is 12.8. The molecule has 1 aromatic carbocycles. The number of ether oxygens (including phenoxy) is 1. The second kappa shape index (κ2) is 9.18. The molecule has 162 valence electrons. The maximum absolute atomic E-state index is 13.0. The third-order valence-corrected chi connectivity index (χ3v) is 9.52. The maximum atomic E-state index is 13.0. The molecule has 3 heterocycles. The Morgan fingerprint density at radius 2 is 1.93 bits per heavy atom. The molecule has 0 saturated carbocycles. The maximum Gasteiger partial charge on any atom is 0.252 e. The summed E-state index contributed by atoms with van der Waals surface area (Å²) in [7, 11) is -3.52. The molecule has 2 aliphatic rings. The van der Waals surface area contributed by atoms with Crippen LogP contribution in [0.1, 0.15) is 31.2 Å². The normalized spacial score (nSPS) is 22.5. The zero-order chi connectivity index (χ0) is 21.0. The highest BCUT2D eigenvalue weighted by atomic mass is 32.2. The predicted molar refractivity (Wildman–Crippen MR) is 117 cm³/mol. The second-order valence-electron chi connectivity index (χ2n) is 8.11. The lowest BCUT2D eigenvalue weighted by Crippen LogP contribution is -2.49. The summed E-state index contributed by atoms with van der Waals surface area (Å²) in [6, 6.07) is 13.7. The molecule has 8 heteroatoms. The van der Waals surface area contributed by atoms with Gasteiger partial charge in [-0.2, -0.15) is 4.31 Å². The number of nitrogens with zero attached hydrogens (tertiary/aromatic N) is 1. The fraction of sp³-hybridized carbons (Fsp3) is 0.500. The number of benzene rings is 1. The number of piperidine rings is 1. The van der Waals surface area contributed by atoms with E-state index in [9.17, 15) is 13.2 Å². The molecule has 2 aromatic rings. The molecule has 30 heavy (non-hydrogen) atoms. The molecular weight excluding hydrogens is 420 g/mol. The quantitative estimate of drug-likeness (QED) is 0.737. The van der Waals surface area contributed by atoms with Crippen LogP contribution in [0.5, 0.6) is 0 Å². The SMILES string of the molecule is O=C(NCC1(c2ccccc2)CCOCC1)[C@H]1CCCN(S(=O)(=O)c2cccs2)C1. The van der Waals surface area contributed by atoms with Crippen molar-refractivity contribution in [1.82, 2.24) is 9.62 Å². The van der Waals surface area contributed by atoms with Crippen LogP contribution < -0.4 is 5.32 Å². The van der Waals surface area contributed by atoms with Gasteiger partial charge in [0.1, 0.15) is 4.21 Å². The number of amides is 1. The lowest BCUT2D eigenvalue weighted by molar-refractivity contribution is -0.126. The number of hydrogen-bond donors (Lipinski definition) is 1. The summed E-state index contributed by atoms with van der Waals surface area (Å²) < 4.78 is 33.1. The molecule has 0 aliphatic carbocycles.